The Morgan fingerprint density at radius 2 is 1.75 bits per heavy atom. The van der Waals surface area contributed by atoms with Crippen LogP contribution in [-0.2, 0) is 0 Å². The van der Waals surface area contributed by atoms with Crippen LogP contribution in [0.2, 0.25) is 0 Å². The van der Waals surface area contributed by atoms with Crippen LogP contribution in [0.5, 0.6) is 5.75 Å². The van der Waals surface area contributed by atoms with Gasteiger partial charge in [0.2, 0.25) is 0 Å². The molecular formula is C17H30N2O. The van der Waals surface area contributed by atoms with Gasteiger partial charge in [0.15, 0.2) is 0 Å². The molecule has 1 aromatic carbocycles. The number of hydrogen-bond donors (Lipinski definition) is 1. The molecule has 1 atom stereocenters. The van der Waals surface area contributed by atoms with E-state index in [1.165, 1.54) is 5.56 Å². The molecule has 0 amide bonds. The summed E-state index contributed by atoms with van der Waals surface area (Å²) in [5.41, 5.74) is 1.35. The van der Waals surface area contributed by atoms with E-state index in [0.29, 0.717) is 12.6 Å². The lowest BCUT2D eigenvalue weighted by Gasteiger charge is -2.41. The van der Waals surface area contributed by atoms with Crippen molar-refractivity contribution in [1.29, 1.82) is 0 Å². The second-order valence-corrected chi connectivity index (χ2v) is 5.94. The van der Waals surface area contributed by atoms with Crippen LogP contribution >= 0.6 is 0 Å². The van der Waals surface area contributed by atoms with Crippen molar-refractivity contribution in [2.45, 2.75) is 45.7 Å². The molecule has 1 aromatic rings. The highest BCUT2D eigenvalue weighted by molar-refractivity contribution is 5.31. The molecule has 0 radical (unpaired) electrons. The Kier molecular flexibility index (Phi) is 6.50. The topological polar surface area (TPSA) is 24.5 Å². The molecule has 0 aliphatic carbocycles. The summed E-state index contributed by atoms with van der Waals surface area (Å²) in [5, 5.41) is 3.68. The number of ether oxygens (including phenoxy) is 1. The lowest BCUT2D eigenvalue weighted by atomic mass is 9.87. The number of benzene rings is 1. The van der Waals surface area contributed by atoms with Gasteiger partial charge in [0.25, 0.3) is 0 Å². The van der Waals surface area contributed by atoms with Gasteiger partial charge in [-0.3, -0.25) is 0 Å². The van der Waals surface area contributed by atoms with Crippen molar-refractivity contribution >= 4 is 0 Å². The predicted molar refractivity (Wildman–Crippen MR) is 86.4 cm³/mol. The van der Waals surface area contributed by atoms with E-state index in [1.54, 1.807) is 0 Å². The van der Waals surface area contributed by atoms with Crippen molar-refractivity contribution in [2.75, 3.05) is 27.2 Å². The third-order valence-corrected chi connectivity index (χ3v) is 3.98. The maximum atomic E-state index is 5.52. The first-order valence-electron chi connectivity index (χ1n) is 7.57. The van der Waals surface area contributed by atoms with Gasteiger partial charge in [0, 0.05) is 5.54 Å². The van der Waals surface area contributed by atoms with Crippen molar-refractivity contribution < 1.29 is 4.74 Å². The molecule has 1 unspecified atom stereocenters. The van der Waals surface area contributed by atoms with Crippen LogP contribution in [0.15, 0.2) is 24.3 Å². The fourth-order valence-electron chi connectivity index (χ4n) is 2.25. The van der Waals surface area contributed by atoms with Gasteiger partial charge < -0.3 is 15.0 Å². The molecule has 0 saturated heterocycles. The number of rotatable bonds is 8. The average molecular weight is 278 g/mol. The largest absolute Gasteiger partial charge is 0.494 e. The highest BCUT2D eigenvalue weighted by Gasteiger charge is 2.32. The lowest BCUT2D eigenvalue weighted by molar-refractivity contribution is 0.138. The van der Waals surface area contributed by atoms with Crippen molar-refractivity contribution in [3.05, 3.63) is 29.8 Å². The van der Waals surface area contributed by atoms with Gasteiger partial charge in [-0.2, -0.15) is 0 Å². The van der Waals surface area contributed by atoms with Gasteiger partial charge in [-0.25, -0.2) is 0 Å². The third kappa shape index (κ3) is 4.22. The minimum absolute atomic E-state index is 0.0439. The first kappa shape index (κ1) is 17.0. The normalized spacial score (nSPS) is 13.6. The number of nitrogens with zero attached hydrogens (tertiary/aromatic N) is 1. The summed E-state index contributed by atoms with van der Waals surface area (Å²) < 4.78 is 5.52. The van der Waals surface area contributed by atoms with E-state index < -0.39 is 0 Å². The van der Waals surface area contributed by atoms with Gasteiger partial charge in [-0.15, -0.1) is 0 Å². The van der Waals surface area contributed by atoms with Crippen LogP contribution in [0, 0.1) is 0 Å². The summed E-state index contributed by atoms with van der Waals surface area (Å²) in [4.78, 5) is 2.27. The van der Waals surface area contributed by atoms with E-state index in [0.717, 1.165) is 18.7 Å². The van der Waals surface area contributed by atoms with E-state index in [2.05, 4.69) is 69.3 Å². The zero-order chi connectivity index (χ0) is 15.2. The molecular weight excluding hydrogens is 248 g/mol. The van der Waals surface area contributed by atoms with Crippen LogP contribution in [-0.4, -0.2) is 37.7 Å². The minimum Gasteiger partial charge on any atom is -0.494 e. The van der Waals surface area contributed by atoms with Crippen LogP contribution in [0.3, 0.4) is 0 Å². The molecule has 0 aliphatic rings. The number of hydrogen-bond acceptors (Lipinski definition) is 3. The molecule has 0 heterocycles. The molecule has 1 rings (SSSR count). The fourth-order valence-corrected chi connectivity index (χ4v) is 2.25. The molecule has 3 nitrogen and oxygen atoms in total. The van der Waals surface area contributed by atoms with Crippen molar-refractivity contribution in [3.8, 4) is 5.75 Å². The van der Waals surface area contributed by atoms with E-state index >= 15 is 0 Å². The second kappa shape index (κ2) is 7.65. The molecule has 0 spiro atoms. The number of likely N-dealkylation sites (N-methyl/N-ethyl adjacent to an activating group) is 1. The van der Waals surface area contributed by atoms with Crippen LogP contribution in [0.1, 0.15) is 45.7 Å². The van der Waals surface area contributed by atoms with E-state index in [-0.39, 0.29) is 5.54 Å². The first-order valence-corrected chi connectivity index (χ1v) is 7.57. The smallest absolute Gasteiger partial charge is 0.119 e. The average Bonchev–Trinajstić information content (AvgIpc) is 2.41. The van der Waals surface area contributed by atoms with Crippen LogP contribution in [0.25, 0.3) is 0 Å². The zero-order valence-corrected chi connectivity index (χ0v) is 13.9. The highest BCUT2D eigenvalue weighted by atomic mass is 16.5. The van der Waals surface area contributed by atoms with Gasteiger partial charge in [-0.1, -0.05) is 19.1 Å². The maximum Gasteiger partial charge on any atom is 0.119 e. The van der Waals surface area contributed by atoms with Gasteiger partial charge in [0.1, 0.15) is 5.75 Å². The molecule has 0 fully saturated rings. The Bertz CT molecular complexity index is 384. The molecule has 114 valence electrons. The van der Waals surface area contributed by atoms with E-state index in [4.69, 9.17) is 4.74 Å². The molecule has 1 N–H and O–H groups in total. The van der Waals surface area contributed by atoms with Gasteiger partial charge in [0.05, 0.1) is 12.6 Å². The van der Waals surface area contributed by atoms with Crippen molar-refractivity contribution in [1.82, 2.24) is 10.2 Å². The second-order valence-electron chi connectivity index (χ2n) is 5.94. The Morgan fingerprint density at radius 1 is 1.15 bits per heavy atom. The molecule has 20 heavy (non-hydrogen) atoms. The van der Waals surface area contributed by atoms with E-state index in [1.807, 2.05) is 6.92 Å². The summed E-state index contributed by atoms with van der Waals surface area (Å²) >= 11 is 0. The number of nitrogens with one attached hydrogen (secondary N) is 1. The van der Waals surface area contributed by atoms with Crippen LogP contribution < -0.4 is 10.1 Å². The Labute approximate surface area is 124 Å². The highest BCUT2D eigenvalue weighted by Crippen LogP contribution is 2.30. The summed E-state index contributed by atoms with van der Waals surface area (Å²) in [6, 6.07) is 8.76. The molecule has 0 aromatic heterocycles. The monoisotopic (exact) mass is 278 g/mol. The Hall–Kier alpha value is -1.06. The Morgan fingerprint density at radius 3 is 2.20 bits per heavy atom. The molecule has 3 heteroatoms. The molecule has 0 saturated carbocycles. The van der Waals surface area contributed by atoms with Gasteiger partial charge >= 0.3 is 0 Å². The summed E-state index contributed by atoms with van der Waals surface area (Å²) in [6.07, 6.45) is 1.14. The molecule has 0 bridgehead atoms. The third-order valence-electron chi connectivity index (χ3n) is 3.98. The quantitative estimate of drug-likeness (QED) is 0.788. The van der Waals surface area contributed by atoms with Crippen molar-refractivity contribution in [3.63, 3.8) is 0 Å². The first-order chi connectivity index (χ1) is 9.43. The predicted octanol–water partition coefficient (Wildman–Crippen LogP) is 3.47. The minimum atomic E-state index is 0.0439. The maximum absolute atomic E-state index is 5.52. The standard InChI is InChI=1S/C17H30N2O/c1-7-13-18-16(17(3,4)19(5)6)14-9-11-15(12-10-14)20-8-2/h9-12,16,18H,7-8,13H2,1-6H3. The van der Waals surface area contributed by atoms with E-state index in [9.17, 15) is 0 Å². The lowest BCUT2D eigenvalue weighted by Crippen LogP contribution is -2.49. The summed E-state index contributed by atoms with van der Waals surface area (Å²) in [7, 11) is 4.27. The SMILES string of the molecule is CCCNC(c1ccc(OCC)cc1)C(C)(C)N(C)C. The summed E-state index contributed by atoms with van der Waals surface area (Å²) in [5.74, 6) is 0.938. The fraction of sp³-hybridized carbons (Fsp3) is 0.647. The molecule has 0 aliphatic heterocycles. The summed E-state index contributed by atoms with van der Waals surface area (Å²) in [6.45, 7) is 10.5. The van der Waals surface area contributed by atoms with Crippen molar-refractivity contribution in [2.24, 2.45) is 0 Å². The van der Waals surface area contributed by atoms with Crippen LogP contribution in [0.4, 0.5) is 0 Å². The zero-order valence-electron chi connectivity index (χ0n) is 13.9. The Balaban J connectivity index is 2.98. The van der Waals surface area contributed by atoms with Gasteiger partial charge in [-0.05, 0) is 65.5 Å².